The zero-order valence-electron chi connectivity index (χ0n) is 22.5. The average Bonchev–Trinajstić information content (AvgIpc) is 3.36. The summed E-state index contributed by atoms with van der Waals surface area (Å²) in [6, 6.07) is 13.2. The van der Waals surface area contributed by atoms with Gasteiger partial charge in [-0.2, -0.15) is 9.97 Å². The van der Waals surface area contributed by atoms with Crippen molar-refractivity contribution in [1.29, 1.82) is 0 Å². The van der Waals surface area contributed by atoms with Crippen molar-refractivity contribution in [3.8, 4) is 6.01 Å². The highest BCUT2D eigenvalue weighted by Crippen LogP contribution is 2.45. The zero-order valence-corrected chi connectivity index (χ0v) is 23.3. The molecule has 7 rings (SSSR count). The second-order valence-corrected chi connectivity index (χ2v) is 12.0. The van der Waals surface area contributed by atoms with Crippen LogP contribution in [0.1, 0.15) is 37.4 Å². The Morgan fingerprint density at radius 2 is 1.97 bits per heavy atom. The van der Waals surface area contributed by atoms with E-state index >= 15 is 0 Å². The summed E-state index contributed by atoms with van der Waals surface area (Å²) in [5, 5.41) is 2.96. The van der Waals surface area contributed by atoms with Crippen LogP contribution >= 0.6 is 11.6 Å². The number of aromatic nitrogens is 2. The Morgan fingerprint density at radius 1 is 1.13 bits per heavy atom. The van der Waals surface area contributed by atoms with Crippen molar-refractivity contribution in [3.63, 3.8) is 0 Å². The molecule has 3 aromatic rings. The predicted octanol–water partition coefficient (Wildman–Crippen LogP) is 4.46. The Bertz CT molecular complexity index is 1440. The van der Waals surface area contributed by atoms with Crippen molar-refractivity contribution in [2.45, 2.75) is 51.3 Å². The Hall–Kier alpha value is -3.10. The van der Waals surface area contributed by atoms with Crippen molar-refractivity contribution in [2.75, 3.05) is 49.6 Å². The van der Waals surface area contributed by atoms with Crippen LogP contribution in [0.15, 0.2) is 36.4 Å². The van der Waals surface area contributed by atoms with Crippen LogP contribution < -0.4 is 14.5 Å². The second kappa shape index (κ2) is 9.52. The van der Waals surface area contributed by atoms with Crippen LogP contribution in [0.4, 0.5) is 11.5 Å². The van der Waals surface area contributed by atoms with Crippen molar-refractivity contribution >= 4 is 39.8 Å². The van der Waals surface area contributed by atoms with Gasteiger partial charge in [0.2, 0.25) is 0 Å². The molecule has 0 saturated carbocycles. The SMILES string of the molecule is CN1CCC[C@@H]1COc1nc2c(c(N3CC[C@@]4(C)C(=O)O[C@H]4C3)n1)CCN(c1cccc3cccc(Cl)c13)C2. The molecule has 0 bridgehead atoms. The summed E-state index contributed by atoms with van der Waals surface area (Å²) >= 11 is 6.68. The lowest BCUT2D eigenvalue weighted by atomic mass is 9.73. The number of rotatable bonds is 5. The number of halogens is 1. The lowest BCUT2D eigenvalue weighted by Gasteiger charge is -2.51. The molecule has 0 spiro atoms. The van der Waals surface area contributed by atoms with Crippen molar-refractivity contribution in [3.05, 3.63) is 52.7 Å². The smallest absolute Gasteiger partial charge is 0.318 e. The Balaban J connectivity index is 1.22. The van der Waals surface area contributed by atoms with Gasteiger partial charge in [-0.3, -0.25) is 4.79 Å². The summed E-state index contributed by atoms with van der Waals surface area (Å²) in [6.45, 7) is 6.60. The van der Waals surface area contributed by atoms with Crippen LogP contribution in [-0.4, -0.2) is 72.8 Å². The first kappa shape index (κ1) is 24.9. The van der Waals surface area contributed by atoms with Crippen LogP contribution in [0.3, 0.4) is 0 Å². The van der Waals surface area contributed by atoms with Crippen LogP contribution in [0.5, 0.6) is 6.01 Å². The van der Waals surface area contributed by atoms with Crippen LogP contribution in [0.25, 0.3) is 10.8 Å². The van der Waals surface area contributed by atoms with Gasteiger partial charge >= 0.3 is 12.0 Å². The molecule has 0 amide bonds. The second-order valence-electron chi connectivity index (χ2n) is 11.6. The van der Waals surface area contributed by atoms with Gasteiger partial charge in [0.15, 0.2) is 0 Å². The Kier molecular flexibility index (Phi) is 6.08. The van der Waals surface area contributed by atoms with Gasteiger partial charge in [0, 0.05) is 35.8 Å². The highest BCUT2D eigenvalue weighted by Gasteiger charge is 2.57. The topological polar surface area (TPSA) is 71.0 Å². The lowest BCUT2D eigenvalue weighted by Crippen LogP contribution is -2.63. The van der Waals surface area contributed by atoms with Gasteiger partial charge in [-0.1, -0.05) is 35.9 Å². The van der Waals surface area contributed by atoms with E-state index in [0.717, 1.165) is 77.5 Å². The number of nitrogens with zero attached hydrogens (tertiary/aromatic N) is 5. The fourth-order valence-electron chi connectivity index (χ4n) is 6.64. The number of likely N-dealkylation sites (N-methyl/N-ethyl adjacent to an activating group) is 1. The molecule has 1 aromatic heterocycles. The number of carbonyl (C=O) groups excluding carboxylic acids is 1. The van der Waals surface area contributed by atoms with Gasteiger partial charge in [-0.25, -0.2) is 0 Å². The molecule has 0 N–H and O–H groups in total. The summed E-state index contributed by atoms with van der Waals surface area (Å²) in [6.07, 6.45) is 3.80. The highest BCUT2D eigenvalue weighted by molar-refractivity contribution is 6.36. The first-order valence-electron chi connectivity index (χ1n) is 14.0. The number of piperidine rings is 1. The van der Waals surface area contributed by atoms with Gasteiger partial charge in [0.25, 0.3) is 0 Å². The standard InChI is InChI=1S/C30H34ClN5O3/c1-30-12-15-36(17-25(30)39-28(30)37)27-21-11-14-35(24-10-4-7-19-6-3-9-22(31)26(19)24)16-23(21)32-29(33-27)38-18-20-8-5-13-34(20)2/h3-4,6-7,9-10,20,25H,5,8,11-18H2,1-2H3/t20-,25+,30-/m1/s1. The van der Waals surface area contributed by atoms with E-state index in [-0.39, 0.29) is 17.5 Å². The quantitative estimate of drug-likeness (QED) is 0.434. The van der Waals surface area contributed by atoms with E-state index in [2.05, 4.69) is 46.0 Å². The van der Waals surface area contributed by atoms with Crippen LogP contribution in [-0.2, 0) is 22.5 Å². The molecular formula is C30H34ClN5O3. The van der Waals surface area contributed by atoms with E-state index in [4.69, 9.17) is 31.0 Å². The van der Waals surface area contributed by atoms with E-state index < -0.39 is 0 Å². The molecule has 4 aliphatic heterocycles. The Morgan fingerprint density at radius 3 is 2.74 bits per heavy atom. The van der Waals surface area contributed by atoms with Gasteiger partial charge < -0.3 is 24.2 Å². The summed E-state index contributed by atoms with van der Waals surface area (Å²) in [7, 11) is 2.15. The van der Waals surface area contributed by atoms with Crippen molar-refractivity contribution < 1.29 is 14.3 Å². The summed E-state index contributed by atoms with van der Waals surface area (Å²) < 4.78 is 11.8. The molecule has 3 fully saturated rings. The number of ether oxygens (including phenoxy) is 2. The van der Waals surface area contributed by atoms with E-state index in [1.807, 2.05) is 19.1 Å². The molecule has 39 heavy (non-hydrogen) atoms. The minimum absolute atomic E-state index is 0.0778. The molecular weight excluding hydrogens is 514 g/mol. The molecule has 0 aliphatic carbocycles. The van der Waals surface area contributed by atoms with E-state index in [1.54, 1.807) is 0 Å². The molecule has 3 saturated heterocycles. The maximum absolute atomic E-state index is 12.1. The van der Waals surface area contributed by atoms with E-state index in [1.165, 1.54) is 6.42 Å². The molecule has 3 atom stereocenters. The number of hydrogen-bond donors (Lipinski definition) is 0. The fourth-order valence-corrected chi connectivity index (χ4v) is 6.92. The minimum Gasteiger partial charge on any atom is -0.462 e. The highest BCUT2D eigenvalue weighted by atomic mass is 35.5. The fraction of sp³-hybridized carbons (Fsp3) is 0.500. The maximum atomic E-state index is 12.1. The molecule has 0 radical (unpaired) electrons. The van der Waals surface area contributed by atoms with Crippen LogP contribution in [0.2, 0.25) is 5.02 Å². The van der Waals surface area contributed by atoms with Gasteiger partial charge in [0.1, 0.15) is 23.9 Å². The zero-order chi connectivity index (χ0) is 26.7. The van der Waals surface area contributed by atoms with Gasteiger partial charge in [0.05, 0.1) is 23.8 Å². The van der Waals surface area contributed by atoms with Crippen molar-refractivity contribution in [1.82, 2.24) is 14.9 Å². The summed E-state index contributed by atoms with van der Waals surface area (Å²) in [4.78, 5) is 29.1. The third-order valence-electron chi connectivity index (χ3n) is 9.28. The van der Waals surface area contributed by atoms with E-state index in [9.17, 15) is 4.79 Å². The van der Waals surface area contributed by atoms with Crippen LogP contribution in [0, 0.1) is 5.41 Å². The average molecular weight is 548 g/mol. The monoisotopic (exact) mass is 547 g/mol. The number of anilines is 2. The first-order valence-corrected chi connectivity index (χ1v) is 14.4. The number of carbonyl (C=O) groups is 1. The molecule has 8 nitrogen and oxygen atoms in total. The molecule has 9 heteroatoms. The third-order valence-corrected chi connectivity index (χ3v) is 9.60. The number of esters is 1. The molecule has 204 valence electrons. The minimum atomic E-state index is -0.375. The number of benzene rings is 2. The first-order chi connectivity index (χ1) is 18.9. The molecule has 5 heterocycles. The number of hydrogen-bond acceptors (Lipinski definition) is 8. The number of likely N-dealkylation sites (tertiary alicyclic amines) is 1. The van der Waals surface area contributed by atoms with Gasteiger partial charge in [-0.05, 0) is 63.7 Å². The molecule has 0 unspecified atom stereocenters. The summed E-state index contributed by atoms with van der Waals surface area (Å²) in [5.74, 6) is 0.848. The van der Waals surface area contributed by atoms with E-state index in [0.29, 0.717) is 31.7 Å². The Labute approximate surface area is 233 Å². The largest absolute Gasteiger partial charge is 0.462 e. The predicted molar refractivity (Wildman–Crippen MR) is 152 cm³/mol. The normalized spacial score (nSPS) is 26.7. The number of fused-ring (bicyclic) bond motifs is 3. The molecule has 2 aromatic carbocycles. The summed E-state index contributed by atoms with van der Waals surface area (Å²) in [5.41, 5.74) is 2.90. The van der Waals surface area contributed by atoms with Crippen molar-refractivity contribution in [2.24, 2.45) is 5.41 Å². The molecule has 4 aliphatic rings. The third kappa shape index (κ3) is 4.19. The van der Waals surface area contributed by atoms with Gasteiger partial charge in [-0.15, -0.1) is 0 Å². The maximum Gasteiger partial charge on any atom is 0.318 e. The lowest BCUT2D eigenvalue weighted by molar-refractivity contribution is -0.206.